The Balaban J connectivity index is 2.54. The normalized spacial score (nSPS) is 14.5. The summed E-state index contributed by atoms with van der Waals surface area (Å²) < 4.78 is 0. The number of nitrogens with one attached hydrogen (secondary N) is 1. The maximum Gasteiger partial charge on any atom is 0.324 e. The van der Waals surface area contributed by atoms with Crippen LogP contribution in [0.15, 0.2) is 30.3 Å². The van der Waals surface area contributed by atoms with Gasteiger partial charge in [0.2, 0.25) is 0 Å². The van der Waals surface area contributed by atoms with Crippen LogP contribution < -0.4 is 5.32 Å². The van der Waals surface area contributed by atoms with E-state index in [0.29, 0.717) is 6.54 Å². The molecule has 0 spiro atoms. The number of benzene rings is 1. The second kappa shape index (κ2) is 7.41. The zero-order valence-electron chi connectivity index (χ0n) is 12.9. The zero-order chi connectivity index (χ0) is 15.2. The van der Waals surface area contributed by atoms with Crippen LogP contribution in [0.2, 0.25) is 0 Å². The van der Waals surface area contributed by atoms with E-state index < -0.39 is 11.5 Å². The maximum absolute atomic E-state index is 11.5. The molecule has 20 heavy (non-hydrogen) atoms. The molecule has 0 heterocycles. The molecule has 1 aromatic rings. The lowest BCUT2D eigenvalue weighted by Crippen LogP contribution is -2.58. The van der Waals surface area contributed by atoms with E-state index in [1.54, 1.807) is 6.92 Å². The van der Waals surface area contributed by atoms with E-state index in [4.69, 9.17) is 0 Å². The van der Waals surface area contributed by atoms with Crippen LogP contribution in [0.4, 0.5) is 0 Å². The molecule has 0 aliphatic heterocycles. The van der Waals surface area contributed by atoms with Gasteiger partial charge < -0.3 is 10.0 Å². The first-order valence-corrected chi connectivity index (χ1v) is 7.07. The van der Waals surface area contributed by atoms with Gasteiger partial charge in [0.15, 0.2) is 0 Å². The van der Waals surface area contributed by atoms with Crippen molar-refractivity contribution < 1.29 is 9.90 Å². The van der Waals surface area contributed by atoms with Gasteiger partial charge in [-0.3, -0.25) is 10.1 Å². The Kier molecular flexibility index (Phi) is 6.17. The maximum atomic E-state index is 11.5. The molecule has 0 bridgehead atoms. The summed E-state index contributed by atoms with van der Waals surface area (Å²) >= 11 is 0. The standard InChI is InChI=1S/C16H26N2O2/c1-13(2)17-16(3,15(19)20)12-18(4)11-10-14-8-6-5-7-9-14/h5-9,13,17H,10-12H2,1-4H3,(H,19,20). The number of likely N-dealkylation sites (N-methyl/N-ethyl adjacent to an activating group) is 1. The average molecular weight is 278 g/mol. The average Bonchev–Trinajstić information content (AvgIpc) is 2.36. The first kappa shape index (κ1) is 16.7. The van der Waals surface area contributed by atoms with E-state index in [1.807, 2.05) is 39.1 Å². The lowest BCUT2D eigenvalue weighted by molar-refractivity contribution is -0.145. The van der Waals surface area contributed by atoms with Gasteiger partial charge in [-0.2, -0.15) is 0 Å². The quantitative estimate of drug-likeness (QED) is 0.764. The Morgan fingerprint density at radius 1 is 1.35 bits per heavy atom. The molecular formula is C16H26N2O2. The fraction of sp³-hybridized carbons (Fsp3) is 0.562. The molecule has 0 amide bonds. The van der Waals surface area contributed by atoms with Gasteiger partial charge in [-0.05, 0) is 39.8 Å². The van der Waals surface area contributed by atoms with Crippen molar-refractivity contribution in [2.24, 2.45) is 0 Å². The Labute approximate surface area is 121 Å². The SMILES string of the molecule is CC(C)NC(C)(CN(C)CCc1ccccc1)C(=O)O. The van der Waals surface area contributed by atoms with E-state index in [2.05, 4.69) is 22.3 Å². The molecule has 112 valence electrons. The summed E-state index contributed by atoms with van der Waals surface area (Å²) in [7, 11) is 1.96. The largest absolute Gasteiger partial charge is 0.480 e. The number of hydrogen-bond acceptors (Lipinski definition) is 3. The summed E-state index contributed by atoms with van der Waals surface area (Å²) in [6, 6.07) is 10.4. The van der Waals surface area contributed by atoms with E-state index in [9.17, 15) is 9.90 Å². The number of carboxylic acid groups (broad SMARTS) is 1. The van der Waals surface area contributed by atoms with Gasteiger partial charge >= 0.3 is 5.97 Å². The zero-order valence-corrected chi connectivity index (χ0v) is 12.9. The van der Waals surface area contributed by atoms with E-state index in [0.717, 1.165) is 13.0 Å². The van der Waals surface area contributed by atoms with Crippen LogP contribution in [0.3, 0.4) is 0 Å². The third kappa shape index (κ3) is 5.31. The number of rotatable bonds is 8. The summed E-state index contributed by atoms with van der Waals surface area (Å²) in [6.07, 6.45) is 0.925. The molecule has 1 aromatic carbocycles. The Bertz CT molecular complexity index is 420. The third-order valence-corrected chi connectivity index (χ3v) is 3.29. The van der Waals surface area contributed by atoms with Gasteiger partial charge in [0, 0.05) is 19.1 Å². The van der Waals surface area contributed by atoms with Gasteiger partial charge in [-0.1, -0.05) is 30.3 Å². The van der Waals surface area contributed by atoms with Crippen molar-refractivity contribution in [2.45, 2.75) is 38.8 Å². The highest BCUT2D eigenvalue weighted by Crippen LogP contribution is 2.09. The minimum atomic E-state index is -0.917. The molecular weight excluding hydrogens is 252 g/mol. The molecule has 1 atom stereocenters. The van der Waals surface area contributed by atoms with Crippen LogP contribution in [0, 0.1) is 0 Å². The number of carbonyl (C=O) groups is 1. The van der Waals surface area contributed by atoms with Gasteiger partial charge in [0.25, 0.3) is 0 Å². The number of hydrogen-bond donors (Lipinski definition) is 2. The minimum absolute atomic E-state index is 0.138. The predicted octanol–water partition coefficient (Wildman–Crippen LogP) is 2.00. The summed E-state index contributed by atoms with van der Waals surface area (Å²) in [4.78, 5) is 13.5. The Morgan fingerprint density at radius 2 is 1.95 bits per heavy atom. The molecule has 2 N–H and O–H groups in total. The van der Waals surface area contributed by atoms with Crippen LogP contribution in [-0.4, -0.2) is 47.7 Å². The summed E-state index contributed by atoms with van der Waals surface area (Å²) in [6.45, 7) is 6.99. The van der Waals surface area contributed by atoms with Gasteiger partial charge in [-0.25, -0.2) is 0 Å². The van der Waals surface area contributed by atoms with Gasteiger partial charge in [-0.15, -0.1) is 0 Å². The highest BCUT2D eigenvalue weighted by Gasteiger charge is 2.34. The molecule has 0 fully saturated rings. The molecule has 4 nitrogen and oxygen atoms in total. The first-order chi connectivity index (χ1) is 9.33. The van der Waals surface area contributed by atoms with Crippen molar-refractivity contribution in [3.63, 3.8) is 0 Å². The Morgan fingerprint density at radius 3 is 2.45 bits per heavy atom. The van der Waals surface area contributed by atoms with Crippen LogP contribution >= 0.6 is 0 Å². The van der Waals surface area contributed by atoms with Crippen molar-refractivity contribution in [1.82, 2.24) is 10.2 Å². The molecule has 0 saturated carbocycles. The van der Waals surface area contributed by atoms with Crippen LogP contribution in [0.25, 0.3) is 0 Å². The number of carboxylic acids is 1. The first-order valence-electron chi connectivity index (χ1n) is 7.07. The van der Waals surface area contributed by atoms with E-state index in [-0.39, 0.29) is 6.04 Å². The van der Waals surface area contributed by atoms with Crippen LogP contribution in [0.5, 0.6) is 0 Å². The van der Waals surface area contributed by atoms with Crippen molar-refractivity contribution >= 4 is 5.97 Å². The van der Waals surface area contributed by atoms with Crippen LogP contribution in [0.1, 0.15) is 26.3 Å². The predicted molar refractivity (Wildman–Crippen MR) is 82.0 cm³/mol. The second-order valence-corrected chi connectivity index (χ2v) is 5.91. The smallest absolute Gasteiger partial charge is 0.324 e. The van der Waals surface area contributed by atoms with Crippen molar-refractivity contribution in [2.75, 3.05) is 20.1 Å². The molecule has 0 saturated heterocycles. The Hall–Kier alpha value is -1.39. The molecule has 0 aliphatic carbocycles. The third-order valence-electron chi connectivity index (χ3n) is 3.29. The fourth-order valence-corrected chi connectivity index (χ4v) is 2.40. The fourth-order valence-electron chi connectivity index (χ4n) is 2.40. The topological polar surface area (TPSA) is 52.6 Å². The lowest BCUT2D eigenvalue weighted by atomic mass is 10.0. The highest BCUT2D eigenvalue weighted by atomic mass is 16.4. The highest BCUT2D eigenvalue weighted by molar-refractivity contribution is 5.78. The lowest BCUT2D eigenvalue weighted by Gasteiger charge is -2.32. The molecule has 4 heteroatoms. The minimum Gasteiger partial charge on any atom is -0.480 e. The van der Waals surface area contributed by atoms with Crippen molar-refractivity contribution in [3.05, 3.63) is 35.9 Å². The van der Waals surface area contributed by atoms with Crippen molar-refractivity contribution in [1.29, 1.82) is 0 Å². The number of aliphatic carboxylic acids is 1. The molecule has 1 unspecified atom stereocenters. The second-order valence-electron chi connectivity index (χ2n) is 5.91. The monoisotopic (exact) mass is 278 g/mol. The van der Waals surface area contributed by atoms with Crippen molar-refractivity contribution in [3.8, 4) is 0 Å². The molecule has 1 rings (SSSR count). The molecule has 0 radical (unpaired) electrons. The number of nitrogens with zero attached hydrogens (tertiary/aromatic N) is 1. The van der Waals surface area contributed by atoms with E-state index in [1.165, 1.54) is 5.56 Å². The molecule has 0 aromatic heterocycles. The summed E-state index contributed by atoms with van der Waals surface area (Å²) in [5, 5.41) is 12.6. The van der Waals surface area contributed by atoms with Gasteiger partial charge in [0.1, 0.15) is 5.54 Å². The van der Waals surface area contributed by atoms with Gasteiger partial charge in [0.05, 0.1) is 0 Å². The molecule has 0 aliphatic rings. The summed E-state index contributed by atoms with van der Waals surface area (Å²) in [5.74, 6) is -0.808. The summed E-state index contributed by atoms with van der Waals surface area (Å²) in [5.41, 5.74) is 0.354. The van der Waals surface area contributed by atoms with E-state index >= 15 is 0 Å². The van der Waals surface area contributed by atoms with Crippen LogP contribution in [-0.2, 0) is 11.2 Å².